The topological polar surface area (TPSA) is 0 Å². The van der Waals surface area contributed by atoms with E-state index in [1.165, 1.54) is 9.75 Å². The average molecular weight is 349 g/mol. The Hall–Kier alpha value is -0.0200. The third-order valence-corrected chi connectivity index (χ3v) is 6.23. The maximum atomic E-state index is 5.82. The fraction of sp³-hybridized carbons (Fsp3) is 0.500. The van der Waals surface area contributed by atoms with Gasteiger partial charge in [-0.1, -0.05) is 70.8 Å². The van der Waals surface area contributed by atoms with Gasteiger partial charge in [0.25, 0.3) is 0 Å². The lowest BCUT2D eigenvalue weighted by Crippen LogP contribution is -2.07. The van der Waals surface area contributed by atoms with E-state index in [0.29, 0.717) is 14.8 Å². The van der Waals surface area contributed by atoms with Gasteiger partial charge in [-0.2, -0.15) is 0 Å². The van der Waals surface area contributed by atoms with Crippen molar-refractivity contribution in [1.29, 1.82) is 0 Å². The van der Waals surface area contributed by atoms with Crippen molar-refractivity contribution in [1.82, 2.24) is 0 Å². The van der Waals surface area contributed by atoms with Crippen molar-refractivity contribution in [3.8, 4) is 0 Å². The molecule has 20 heavy (non-hydrogen) atoms. The van der Waals surface area contributed by atoms with Gasteiger partial charge in [-0.15, -0.1) is 22.7 Å². The summed E-state index contributed by atoms with van der Waals surface area (Å²) < 4.78 is 0.691. The second-order valence-corrected chi connectivity index (χ2v) is 9.72. The van der Waals surface area contributed by atoms with Crippen LogP contribution in [0.25, 0.3) is 0 Å². The normalized spacial score (nSPS) is 12.0. The molecule has 0 spiro atoms. The lowest BCUT2D eigenvalue weighted by atomic mass is 9.95. The van der Waals surface area contributed by atoms with Crippen LogP contribution in [-0.2, 0) is 10.8 Å². The van der Waals surface area contributed by atoms with E-state index in [2.05, 4.69) is 59.1 Å². The van der Waals surface area contributed by atoms with Crippen molar-refractivity contribution in [2.24, 2.45) is 0 Å². The molecule has 0 radical (unpaired) electrons. The van der Waals surface area contributed by atoms with Crippen LogP contribution in [0, 0.1) is 0 Å². The van der Waals surface area contributed by atoms with Crippen molar-refractivity contribution in [3.63, 3.8) is 0 Å². The third kappa shape index (κ3) is 5.40. The van der Waals surface area contributed by atoms with Crippen LogP contribution >= 0.6 is 45.9 Å². The first-order valence-corrected chi connectivity index (χ1v) is 8.96. The Labute approximate surface area is 140 Å². The second kappa shape index (κ2) is 6.83. The van der Waals surface area contributed by atoms with Gasteiger partial charge in [-0.25, -0.2) is 0 Å². The average Bonchev–Trinajstić information content (AvgIpc) is 2.88. The SMILES string of the molecule is CC(C)(C)c1cc(Cl)c(Cl)s1.CC(C)(C)c1cccs1. The summed E-state index contributed by atoms with van der Waals surface area (Å²) in [4.78, 5) is 2.69. The first-order chi connectivity index (χ1) is 9.01. The molecule has 2 aromatic heterocycles. The molecule has 0 aliphatic carbocycles. The van der Waals surface area contributed by atoms with Gasteiger partial charge in [0.1, 0.15) is 4.34 Å². The van der Waals surface area contributed by atoms with Gasteiger partial charge in [0.2, 0.25) is 0 Å². The number of thiophene rings is 2. The Morgan fingerprint density at radius 3 is 1.65 bits per heavy atom. The standard InChI is InChI=1S/C8H10Cl2S.C8H12S/c1-8(2,3)6-4-5(9)7(10)11-6;1-8(2,3)7-5-4-6-9-7/h4H,1-3H3;4-6H,1-3H3. The van der Waals surface area contributed by atoms with Crippen molar-refractivity contribution in [3.05, 3.63) is 42.7 Å². The van der Waals surface area contributed by atoms with Crippen LogP contribution in [0.1, 0.15) is 51.3 Å². The first kappa shape index (κ1) is 18.0. The summed E-state index contributed by atoms with van der Waals surface area (Å²) in [6.07, 6.45) is 0. The van der Waals surface area contributed by atoms with Crippen molar-refractivity contribution in [2.45, 2.75) is 52.4 Å². The Morgan fingerprint density at radius 1 is 0.900 bits per heavy atom. The summed E-state index contributed by atoms with van der Waals surface area (Å²) >= 11 is 15.0. The lowest BCUT2D eigenvalue weighted by Gasteiger charge is -2.14. The highest BCUT2D eigenvalue weighted by atomic mass is 35.5. The van der Waals surface area contributed by atoms with Crippen LogP contribution in [0.15, 0.2) is 23.6 Å². The Morgan fingerprint density at radius 2 is 1.45 bits per heavy atom. The zero-order valence-corrected chi connectivity index (χ0v) is 16.0. The molecule has 0 aliphatic heterocycles. The fourth-order valence-electron chi connectivity index (χ4n) is 1.42. The van der Waals surface area contributed by atoms with Gasteiger partial charge >= 0.3 is 0 Å². The van der Waals surface area contributed by atoms with Crippen LogP contribution in [0.4, 0.5) is 0 Å². The van der Waals surface area contributed by atoms with Gasteiger partial charge in [0, 0.05) is 9.75 Å². The quantitative estimate of drug-likeness (QED) is 0.465. The van der Waals surface area contributed by atoms with Crippen LogP contribution in [0.3, 0.4) is 0 Å². The minimum Gasteiger partial charge on any atom is -0.148 e. The van der Waals surface area contributed by atoms with Gasteiger partial charge in [-0.05, 0) is 28.3 Å². The van der Waals surface area contributed by atoms with E-state index in [1.54, 1.807) is 11.3 Å². The molecule has 0 saturated heterocycles. The summed E-state index contributed by atoms with van der Waals surface area (Å²) in [6.45, 7) is 13.1. The van der Waals surface area contributed by atoms with Gasteiger partial charge < -0.3 is 0 Å². The number of hydrogen-bond donors (Lipinski definition) is 0. The summed E-state index contributed by atoms with van der Waals surface area (Å²) in [6, 6.07) is 6.23. The molecule has 0 nitrogen and oxygen atoms in total. The molecule has 0 atom stereocenters. The molecule has 0 fully saturated rings. The van der Waals surface area contributed by atoms with E-state index in [4.69, 9.17) is 23.2 Å². The molecule has 2 aromatic rings. The Balaban J connectivity index is 0.000000204. The molecule has 112 valence electrons. The van der Waals surface area contributed by atoms with E-state index in [1.807, 2.05) is 17.4 Å². The number of rotatable bonds is 0. The molecule has 4 heteroatoms. The highest BCUT2D eigenvalue weighted by Crippen LogP contribution is 2.37. The Bertz CT molecular complexity index is 506. The molecule has 0 N–H and O–H groups in total. The van der Waals surface area contributed by atoms with Gasteiger partial charge in [0.15, 0.2) is 0 Å². The van der Waals surface area contributed by atoms with E-state index in [-0.39, 0.29) is 5.41 Å². The second-order valence-electron chi connectivity index (χ2n) is 6.71. The van der Waals surface area contributed by atoms with E-state index >= 15 is 0 Å². The molecule has 0 bridgehead atoms. The van der Waals surface area contributed by atoms with E-state index < -0.39 is 0 Å². The van der Waals surface area contributed by atoms with E-state index in [9.17, 15) is 0 Å². The molecule has 0 aromatic carbocycles. The van der Waals surface area contributed by atoms with Crippen LogP contribution in [0.5, 0.6) is 0 Å². The van der Waals surface area contributed by atoms with Crippen molar-refractivity contribution < 1.29 is 0 Å². The number of halogens is 2. The smallest absolute Gasteiger partial charge is 0.112 e. The minimum atomic E-state index is 0.154. The summed E-state index contributed by atoms with van der Waals surface area (Å²) in [5.74, 6) is 0. The molecular formula is C16H22Cl2S2. The molecule has 0 unspecified atom stereocenters. The van der Waals surface area contributed by atoms with Crippen molar-refractivity contribution in [2.75, 3.05) is 0 Å². The molecule has 0 amide bonds. The van der Waals surface area contributed by atoms with Crippen LogP contribution in [0.2, 0.25) is 9.36 Å². The summed E-state index contributed by atoms with van der Waals surface area (Å²) in [5, 5.41) is 2.79. The largest absolute Gasteiger partial charge is 0.148 e. The third-order valence-electron chi connectivity index (χ3n) is 2.64. The maximum absolute atomic E-state index is 5.82. The van der Waals surface area contributed by atoms with E-state index in [0.717, 1.165) is 0 Å². The highest BCUT2D eigenvalue weighted by molar-refractivity contribution is 7.17. The highest BCUT2D eigenvalue weighted by Gasteiger charge is 2.17. The number of hydrogen-bond acceptors (Lipinski definition) is 2. The molecule has 0 saturated carbocycles. The molecule has 2 heterocycles. The van der Waals surface area contributed by atoms with Gasteiger partial charge in [-0.3, -0.25) is 0 Å². The Kier molecular flexibility index (Phi) is 6.15. The summed E-state index contributed by atoms with van der Waals surface area (Å²) in [7, 11) is 0. The van der Waals surface area contributed by atoms with Crippen LogP contribution < -0.4 is 0 Å². The monoisotopic (exact) mass is 348 g/mol. The molecule has 2 rings (SSSR count). The maximum Gasteiger partial charge on any atom is 0.112 e. The lowest BCUT2D eigenvalue weighted by molar-refractivity contribution is 0.603. The first-order valence-electron chi connectivity index (χ1n) is 6.51. The van der Waals surface area contributed by atoms with Crippen molar-refractivity contribution >= 4 is 45.9 Å². The predicted octanol–water partition coefficient (Wildman–Crippen LogP) is 7.40. The predicted molar refractivity (Wildman–Crippen MR) is 96.1 cm³/mol. The summed E-state index contributed by atoms with van der Waals surface area (Å²) in [5.41, 5.74) is 0.496. The molecular weight excluding hydrogens is 327 g/mol. The minimum absolute atomic E-state index is 0.154. The van der Waals surface area contributed by atoms with Gasteiger partial charge in [0.05, 0.1) is 5.02 Å². The zero-order valence-electron chi connectivity index (χ0n) is 12.9. The zero-order chi connectivity index (χ0) is 15.6. The van der Waals surface area contributed by atoms with Crippen LogP contribution in [-0.4, -0.2) is 0 Å². The fourth-order valence-corrected chi connectivity index (χ4v) is 3.66. The molecule has 0 aliphatic rings.